The number of halogens is 2. The highest BCUT2D eigenvalue weighted by molar-refractivity contribution is 6.43. The number of nitrogens with zero attached hydrogens (tertiary/aromatic N) is 1. The van der Waals surface area contributed by atoms with Crippen molar-refractivity contribution in [3.05, 3.63) is 51.9 Å². The normalized spacial score (nSPS) is 9.94. The average molecular weight is 267 g/mol. The second-order valence-electron chi connectivity index (χ2n) is 3.33. The third-order valence-corrected chi connectivity index (χ3v) is 3.00. The Hall–Kier alpha value is -1.63. The third kappa shape index (κ3) is 2.73. The van der Waals surface area contributed by atoms with Crippen LogP contribution in [0.2, 0.25) is 10.0 Å². The number of furan rings is 1. The molecule has 1 N–H and O–H groups in total. The van der Waals surface area contributed by atoms with Crippen molar-refractivity contribution >= 4 is 28.9 Å². The molecule has 3 nitrogen and oxygen atoms in total. The second-order valence-corrected chi connectivity index (χ2v) is 4.12. The highest BCUT2D eigenvalue weighted by Gasteiger charge is 2.05. The Morgan fingerprint density at radius 2 is 2.06 bits per heavy atom. The SMILES string of the molecule is N#Cc1ccc(CNc2cccc(Cl)c2Cl)o1. The number of rotatable bonds is 3. The van der Waals surface area contributed by atoms with Crippen molar-refractivity contribution in [1.29, 1.82) is 5.26 Å². The molecule has 5 heteroatoms. The minimum Gasteiger partial charge on any atom is -0.449 e. The van der Waals surface area contributed by atoms with Crippen LogP contribution in [-0.2, 0) is 6.54 Å². The molecular formula is C12H8Cl2N2O. The monoisotopic (exact) mass is 266 g/mol. The number of anilines is 1. The van der Waals surface area contributed by atoms with Crippen molar-refractivity contribution in [2.75, 3.05) is 5.32 Å². The van der Waals surface area contributed by atoms with Gasteiger partial charge in [-0.2, -0.15) is 5.26 Å². The molecule has 0 saturated carbocycles. The number of benzene rings is 1. The van der Waals surface area contributed by atoms with E-state index in [1.54, 1.807) is 24.3 Å². The largest absolute Gasteiger partial charge is 0.449 e. The molecule has 2 aromatic rings. The van der Waals surface area contributed by atoms with Crippen LogP contribution in [0.4, 0.5) is 5.69 Å². The fourth-order valence-corrected chi connectivity index (χ4v) is 1.72. The van der Waals surface area contributed by atoms with E-state index in [-0.39, 0.29) is 0 Å². The van der Waals surface area contributed by atoms with Gasteiger partial charge in [-0.05, 0) is 24.3 Å². The molecule has 0 amide bonds. The molecule has 0 aliphatic carbocycles. The van der Waals surface area contributed by atoms with Crippen LogP contribution in [0.3, 0.4) is 0 Å². The first-order valence-electron chi connectivity index (χ1n) is 4.87. The van der Waals surface area contributed by atoms with Gasteiger partial charge in [-0.15, -0.1) is 0 Å². The van der Waals surface area contributed by atoms with E-state index < -0.39 is 0 Å². The molecule has 17 heavy (non-hydrogen) atoms. The van der Waals surface area contributed by atoms with Gasteiger partial charge in [0.05, 0.1) is 22.3 Å². The number of nitrogens with one attached hydrogen (secondary N) is 1. The lowest BCUT2D eigenvalue weighted by Gasteiger charge is -2.07. The molecule has 86 valence electrons. The Kier molecular flexibility index (Phi) is 3.58. The summed E-state index contributed by atoms with van der Waals surface area (Å²) < 4.78 is 5.22. The van der Waals surface area contributed by atoms with E-state index in [0.29, 0.717) is 28.1 Å². The number of hydrogen-bond acceptors (Lipinski definition) is 3. The van der Waals surface area contributed by atoms with Gasteiger partial charge in [-0.25, -0.2) is 0 Å². The van der Waals surface area contributed by atoms with E-state index >= 15 is 0 Å². The van der Waals surface area contributed by atoms with Gasteiger partial charge < -0.3 is 9.73 Å². The van der Waals surface area contributed by atoms with Gasteiger partial charge in [0.15, 0.2) is 0 Å². The third-order valence-electron chi connectivity index (χ3n) is 2.18. The number of hydrogen-bond donors (Lipinski definition) is 1. The average Bonchev–Trinajstić information content (AvgIpc) is 2.79. The van der Waals surface area contributed by atoms with Gasteiger partial charge in [0, 0.05) is 0 Å². The van der Waals surface area contributed by atoms with Crippen LogP contribution in [0, 0.1) is 11.3 Å². The summed E-state index contributed by atoms with van der Waals surface area (Å²) in [4.78, 5) is 0. The van der Waals surface area contributed by atoms with E-state index in [2.05, 4.69) is 5.32 Å². The smallest absolute Gasteiger partial charge is 0.203 e. The standard InChI is InChI=1S/C12H8Cl2N2O/c13-10-2-1-3-11(12(10)14)16-7-9-5-4-8(6-15)17-9/h1-5,16H,7H2. The zero-order valence-electron chi connectivity index (χ0n) is 8.71. The molecule has 1 aromatic carbocycles. The van der Waals surface area contributed by atoms with Gasteiger partial charge in [-0.1, -0.05) is 29.3 Å². The summed E-state index contributed by atoms with van der Waals surface area (Å²) in [6.07, 6.45) is 0. The van der Waals surface area contributed by atoms with Crippen molar-refractivity contribution in [3.8, 4) is 6.07 Å². The second kappa shape index (κ2) is 5.13. The van der Waals surface area contributed by atoms with Crippen molar-refractivity contribution in [1.82, 2.24) is 0 Å². The van der Waals surface area contributed by atoms with Gasteiger partial charge in [0.2, 0.25) is 5.76 Å². The Morgan fingerprint density at radius 3 is 2.76 bits per heavy atom. The lowest BCUT2D eigenvalue weighted by atomic mass is 10.3. The Labute approximate surface area is 109 Å². The molecule has 0 aliphatic heterocycles. The van der Waals surface area contributed by atoms with Crippen molar-refractivity contribution in [2.45, 2.75) is 6.54 Å². The molecule has 1 heterocycles. The first-order valence-corrected chi connectivity index (χ1v) is 5.63. The van der Waals surface area contributed by atoms with Gasteiger partial charge in [0.25, 0.3) is 0 Å². The maximum Gasteiger partial charge on any atom is 0.203 e. The maximum absolute atomic E-state index is 8.61. The Balaban J connectivity index is 2.07. The molecular weight excluding hydrogens is 259 g/mol. The summed E-state index contributed by atoms with van der Waals surface area (Å²) in [5, 5.41) is 12.7. The molecule has 0 aliphatic rings. The van der Waals surface area contributed by atoms with Crippen LogP contribution < -0.4 is 5.32 Å². The van der Waals surface area contributed by atoms with Gasteiger partial charge in [-0.3, -0.25) is 0 Å². The molecule has 2 rings (SSSR count). The molecule has 0 saturated heterocycles. The van der Waals surface area contributed by atoms with Crippen LogP contribution in [0.5, 0.6) is 0 Å². The molecule has 0 unspecified atom stereocenters. The first kappa shape index (κ1) is 11.8. The highest BCUT2D eigenvalue weighted by atomic mass is 35.5. The van der Waals surface area contributed by atoms with Crippen LogP contribution >= 0.6 is 23.2 Å². The minimum atomic E-state index is 0.291. The zero-order chi connectivity index (χ0) is 12.3. The zero-order valence-corrected chi connectivity index (χ0v) is 10.2. The first-order chi connectivity index (χ1) is 8.20. The van der Waals surface area contributed by atoms with E-state index in [0.717, 1.165) is 5.69 Å². The molecule has 0 bridgehead atoms. The van der Waals surface area contributed by atoms with E-state index in [4.69, 9.17) is 32.9 Å². The molecule has 0 spiro atoms. The highest BCUT2D eigenvalue weighted by Crippen LogP contribution is 2.29. The molecule has 0 atom stereocenters. The summed E-state index contributed by atoms with van der Waals surface area (Å²) >= 11 is 11.9. The summed E-state index contributed by atoms with van der Waals surface area (Å²) in [5.74, 6) is 0.955. The van der Waals surface area contributed by atoms with Crippen molar-refractivity contribution in [2.24, 2.45) is 0 Å². The van der Waals surface area contributed by atoms with Gasteiger partial charge in [0.1, 0.15) is 11.8 Å². The van der Waals surface area contributed by atoms with Crippen LogP contribution in [-0.4, -0.2) is 0 Å². The summed E-state index contributed by atoms with van der Waals surface area (Å²) in [5.41, 5.74) is 0.731. The quantitative estimate of drug-likeness (QED) is 0.911. The van der Waals surface area contributed by atoms with E-state index in [9.17, 15) is 0 Å². The minimum absolute atomic E-state index is 0.291. The van der Waals surface area contributed by atoms with Gasteiger partial charge >= 0.3 is 0 Å². The predicted molar refractivity (Wildman–Crippen MR) is 67.2 cm³/mol. The fraction of sp³-hybridized carbons (Fsp3) is 0.0833. The summed E-state index contributed by atoms with van der Waals surface area (Å²) in [6.45, 7) is 0.446. The van der Waals surface area contributed by atoms with E-state index in [1.165, 1.54) is 0 Å². The predicted octanol–water partition coefficient (Wildman–Crippen LogP) is 4.07. The lowest BCUT2D eigenvalue weighted by molar-refractivity contribution is 0.506. The van der Waals surface area contributed by atoms with Crippen LogP contribution in [0.1, 0.15) is 11.5 Å². The summed E-state index contributed by atoms with van der Waals surface area (Å²) in [7, 11) is 0. The maximum atomic E-state index is 8.61. The van der Waals surface area contributed by atoms with Crippen LogP contribution in [0.25, 0.3) is 0 Å². The lowest BCUT2D eigenvalue weighted by Crippen LogP contribution is -1.98. The van der Waals surface area contributed by atoms with Crippen molar-refractivity contribution < 1.29 is 4.42 Å². The molecule has 0 radical (unpaired) electrons. The molecule has 1 aromatic heterocycles. The van der Waals surface area contributed by atoms with E-state index in [1.807, 2.05) is 12.1 Å². The Bertz CT molecular complexity index is 572. The summed E-state index contributed by atoms with van der Waals surface area (Å²) in [6, 6.07) is 10.6. The topological polar surface area (TPSA) is 49.0 Å². The number of nitriles is 1. The fourth-order valence-electron chi connectivity index (χ4n) is 1.36. The van der Waals surface area contributed by atoms with Crippen LogP contribution in [0.15, 0.2) is 34.7 Å². The Morgan fingerprint density at radius 1 is 1.24 bits per heavy atom. The van der Waals surface area contributed by atoms with Crippen molar-refractivity contribution in [3.63, 3.8) is 0 Å². The molecule has 0 fully saturated rings.